The van der Waals surface area contributed by atoms with E-state index in [-0.39, 0.29) is 18.1 Å². The van der Waals surface area contributed by atoms with Crippen molar-refractivity contribution in [2.75, 3.05) is 11.5 Å². The first-order valence-corrected chi connectivity index (χ1v) is 8.63. The van der Waals surface area contributed by atoms with Gasteiger partial charge in [0.15, 0.2) is 9.84 Å². The zero-order chi connectivity index (χ0) is 14.8. The molecule has 1 aromatic carbocycles. The number of aromatic nitrogens is 2. The Kier molecular flexibility index (Phi) is 4.50. The minimum absolute atomic E-state index is 0.0541. The molecular weight excluding hydrogens is 296 g/mol. The molecule has 0 atom stereocenters. The summed E-state index contributed by atoms with van der Waals surface area (Å²) in [5.41, 5.74) is 2.64. The van der Waals surface area contributed by atoms with Gasteiger partial charge < -0.3 is 0 Å². The van der Waals surface area contributed by atoms with Crippen molar-refractivity contribution in [2.45, 2.75) is 20.4 Å². The van der Waals surface area contributed by atoms with Crippen LogP contribution in [0.4, 0.5) is 0 Å². The van der Waals surface area contributed by atoms with Crippen molar-refractivity contribution in [3.63, 3.8) is 0 Å². The molecular formula is C14H17ClN2O2S. The fraction of sp³-hybridized carbons (Fsp3) is 0.357. The van der Waals surface area contributed by atoms with E-state index in [2.05, 4.69) is 5.10 Å². The molecule has 0 saturated heterocycles. The molecule has 0 aliphatic carbocycles. The number of aryl methyl sites for hydroxylation is 1. The Bertz CT molecular complexity index is 693. The second kappa shape index (κ2) is 5.97. The highest BCUT2D eigenvalue weighted by Crippen LogP contribution is 2.27. The molecule has 6 heteroatoms. The van der Waals surface area contributed by atoms with Gasteiger partial charge in [-0.3, -0.25) is 4.68 Å². The summed E-state index contributed by atoms with van der Waals surface area (Å²) in [6.07, 6.45) is 0. The Hall–Kier alpha value is -1.33. The second-order valence-corrected chi connectivity index (χ2v) is 7.42. The summed E-state index contributed by atoms with van der Waals surface area (Å²) in [5.74, 6) is 0.189. The Balaban J connectivity index is 2.29. The Morgan fingerprint density at radius 1 is 1.25 bits per heavy atom. The van der Waals surface area contributed by atoms with Crippen molar-refractivity contribution in [1.82, 2.24) is 9.78 Å². The lowest BCUT2D eigenvalue weighted by molar-refractivity contribution is 0.582. The number of halogens is 1. The molecule has 0 amide bonds. The minimum atomic E-state index is -3.02. The van der Waals surface area contributed by atoms with Gasteiger partial charge in [0.25, 0.3) is 0 Å². The van der Waals surface area contributed by atoms with E-state index in [1.165, 1.54) is 0 Å². The van der Waals surface area contributed by atoms with Crippen LogP contribution >= 0.6 is 11.6 Å². The van der Waals surface area contributed by atoms with Crippen LogP contribution in [-0.4, -0.2) is 29.7 Å². The number of hydrogen-bond donors (Lipinski definition) is 0. The van der Waals surface area contributed by atoms with Gasteiger partial charge in [-0.15, -0.1) is 0 Å². The zero-order valence-electron chi connectivity index (χ0n) is 11.5. The van der Waals surface area contributed by atoms with Gasteiger partial charge in [0.05, 0.1) is 18.0 Å². The highest BCUT2D eigenvalue weighted by atomic mass is 35.5. The van der Waals surface area contributed by atoms with Crippen molar-refractivity contribution in [1.29, 1.82) is 0 Å². The van der Waals surface area contributed by atoms with Gasteiger partial charge in [-0.05, 0) is 6.92 Å². The molecule has 0 radical (unpaired) electrons. The third-order valence-electron chi connectivity index (χ3n) is 3.21. The second-order valence-electron chi connectivity index (χ2n) is 4.59. The van der Waals surface area contributed by atoms with Crippen LogP contribution in [0.5, 0.6) is 0 Å². The van der Waals surface area contributed by atoms with Gasteiger partial charge in [0.1, 0.15) is 5.15 Å². The quantitative estimate of drug-likeness (QED) is 0.853. The van der Waals surface area contributed by atoms with Crippen molar-refractivity contribution in [2.24, 2.45) is 0 Å². The number of hydrogen-bond acceptors (Lipinski definition) is 3. The van der Waals surface area contributed by atoms with Gasteiger partial charge in [0, 0.05) is 16.9 Å². The molecule has 108 valence electrons. The summed E-state index contributed by atoms with van der Waals surface area (Å²) >= 11 is 6.24. The average molecular weight is 313 g/mol. The fourth-order valence-corrected chi connectivity index (χ4v) is 2.87. The first kappa shape index (κ1) is 15.1. The van der Waals surface area contributed by atoms with E-state index in [9.17, 15) is 8.42 Å². The molecule has 0 N–H and O–H groups in total. The number of nitrogens with zero attached hydrogens (tertiary/aromatic N) is 2. The van der Waals surface area contributed by atoms with Crippen molar-refractivity contribution < 1.29 is 8.42 Å². The van der Waals surface area contributed by atoms with E-state index >= 15 is 0 Å². The van der Waals surface area contributed by atoms with E-state index < -0.39 is 9.84 Å². The SMILES string of the molecule is CCS(=O)(=O)CCn1nc(-c2ccccc2)c(C)c1Cl. The standard InChI is InChI=1S/C14H17ClN2O2S/c1-3-20(18,19)10-9-17-14(15)11(2)13(16-17)12-7-5-4-6-8-12/h4-8H,3,9-10H2,1-2H3. The normalized spacial score (nSPS) is 11.8. The molecule has 0 saturated carbocycles. The molecule has 0 bridgehead atoms. The van der Waals surface area contributed by atoms with Crippen molar-refractivity contribution >= 4 is 21.4 Å². The monoisotopic (exact) mass is 312 g/mol. The molecule has 1 heterocycles. The Labute approximate surface area is 124 Å². The maximum absolute atomic E-state index is 11.6. The van der Waals surface area contributed by atoms with E-state index in [0.29, 0.717) is 5.15 Å². The topological polar surface area (TPSA) is 52.0 Å². The fourth-order valence-electron chi connectivity index (χ4n) is 1.92. The summed E-state index contributed by atoms with van der Waals surface area (Å²) in [7, 11) is -3.02. The summed E-state index contributed by atoms with van der Waals surface area (Å²) in [6.45, 7) is 3.81. The van der Waals surface area contributed by atoms with Crippen LogP contribution < -0.4 is 0 Å². The van der Waals surface area contributed by atoms with Crippen LogP contribution in [0.3, 0.4) is 0 Å². The molecule has 2 rings (SSSR count). The zero-order valence-corrected chi connectivity index (χ0v) is 13.1. The van der Waals surface area contributed by atoms with Gasteiger partial charge in [-0.1, -0.05) is 48.9 Å². The van der Waals surface area contributed by atoms with Crippen LogP contribution in [0.1, 0.15) is 12.5 Å². The lowest BCUT2D eigenvalue weighted by Gasteiger charge is -2.03. The molecule has 2 aromatic rings. The first-order valence-electron chi connectivity index (χ1n) is 6.43. The molecule has 4 nitrogen and oxygen atoms in total. The van der Waals surface area contributed by atoms with Crippen molar-refractivity contribution in [3.8, 4) is 11.3 Å². The van der Waals surface area contributed by atoms with E-state index in [0.717, 1.165) is 16.8 Å². The van der Waals surface area contributed by atoms with Gasteiger partial charge in [-0.25, -0.2) is 8.42 Å². The number of rotatable bonds is 5. The summed E-state index contributed by atoms with van der Waals surface area (Å²) in [4.78, 5) is 0. The van der Waals surface area contributed by atoms with Gasteiger partial charge >= 0.3 is 0 Å². The predicted molar refractivity (Wildman–Crippen MR) is 81.7 cm³/mol. The maximum atomic E-state index is 11.6. The largest absolute Gasteiger partial charge is 0.252 e. The van der Waals surface area contributed by atoms with Crippen LogP contribution in [-0.2, 0) is 16.4 Å². The van der Waals surface area contributed by atoms with Crippen LogP contribution in [0.15, 0.2) is 30.3 Å². The van der Waals surface area contributed by atoms with Crippen molar-refractivity contribution in [3.05, 3.63) is 41.0 Å². The molecule has 1 aromatic heterocycles. The molecule has 0 unspecified atom stereocenters. The third kappa shape index (κ3) is 3.22. The van der Waals surface area contributed by atoms with Gasteiger partial charge in [-0.2, -0.15) is 5.10 Å². The summed E-state index contributed by atoms with van der Waals surface area (Å²) in [5, 5.41) is 4.93. The molecule has 0 spiro atoms. The van der Waals surface area contributed by atoms with E-state index in [1.807, 2.05) is 37.3 Å². The molecule has 20 heavy (non-hydrogen) atoms. The highest BCUT2D eigenvalue weighted by Gasteiger charge is 2.16. The lowest BCUT2D eigenvalue weighted by Crippen LogP contribution is -2.15. The van der Waals surface area contributed by atoms with Gasteiger partial charge in [0.2, 0.25) is 0 Å². The average Bonchev–Trinajstić information content (AvgIpc) is 2.74. The molecule has 0 aliphatic rings. The number of sulfone groups is 1. The minimum Gasteiger partial charge on any atom is -0.252 e. The highest BCUT2D eigenvalue weighted by molar-refractivity contribution is 7.91. The maximum Gasteiger partial charge on any atom is 0.151 e. The number of benzene rings is 1. The van der Waals surface area contributed by atoms with E-state index in [4.69, 9.17) is 11.6 Å². The summed E-state index contributed by atoms with van der Waals surface area (Å²) < 4.78 is 24.7. The third-order valence-corrected chi connectivity index (χ3v) is 5.38. The summed E-state index contributed by atoms with van der Waals surface area (Å²) in [6, 6.07) is 9.72. The Morgan fingerprint density at radius 3 is 2.50 bits per heavy atom. The van der Waals surface area contributed by atoms with Crippen LogP contribution in [0, 0.1) is 6.92 Å². The first-order chi connectivity index (χ1) is 9.44. The lowest BCUT2D eigenvalue weighted by atomic mass is 10.1. The van der Waals surface area contributed by atoms with E-state index in [1.54, 1.807) is 11.6 Å². The Morgan fingerprint density at radius 2 is 1.90 bits per heavy atom. The molecule has 0 aliphatic heterocycles. The van der Waals surface area contributed by atoms with Crippen LogP contribution in [0.25, 0.3) is 11.3 Å². The smallest absolute Gasteiger partial charge is 0.151 e. The predicted octanol–water partition coefficient (Wildman–Crippen LogP) is 2.95. The molecule has 0 fully saturated rings. The van der Waals surface area contributed by atoms with Crippen LogP contribution in [0.2, 0.25) is 5.15 Å².